The van der Waals surface area contributed by atoms with Crippen molar-refractivity contribution in [3.05, 3.63) is 29.8 Å². The molecule has 1 N–H and O–H groups in total. The molecule has 0 heterocycles. The molecule has 1 aromatic carbocycles. The van der Waals surface area contributed by atoms with Gasteiger partial charge in [-0.15, -0.1) is 0 Å². The Morgan fingerprint density at radius 3 is 2.50 bits per heavy atom. The summed E-state index contributed by atoms with van der Waals surface area (Å²) in [5.41, 5.74) is -0.0608. The van der Waals surface area contributed by atoms with Gasteiger partial charge in [0.1, 0.15) is 0 Å². The highest BCUT2D eigenvalue weighted by atomic mass is 32.2. The van der Waals surface area contributed by atoms with Gasteiger partial charge in [0.25, 0.3) is 5.91 Å². The highest BCUT2D eigenvalue weighted by Crippen LogP contribution is 2.29. The molecule has 1 aliphatic carbocycles. The van der Waals surface area contributed by atoms with E-state index in [1.54, 1.807) is 6.07 Å². The maximum Gasteiger partial charge on any atom is 0.340 e. The molecule has 26 heavy (non-hydrogen) atoms. The molecule has 0 aliphatic heterocycles. The number of rotatable bonds is 5. The number of esters is 1. The fourth-order valence-corrected chi connectivity index (χ4v) is 4.20. The summed E-state index contributed by atoms with van der Waals surface area (Å²) in [5.74, 6) is -0.282. The van der Waals surface area contributed by atoms with Crippen molar-refractivity contribution in [2.24, 2.45) is 11.8 Å². The van der Waals surface area contributed by atoms with Crippen molar-refractivity contribution in [2.75, 3.05) is 6.26 Å². The predicted octanol–water partition coefficient (Wildman–Crippen LogP) is 2.58. The van der Waals surface area contributed by atoms with Crippen molar-refractivity contribution in [1.29, 1.82) is 0 Å². The van der Waals surface area contributed by atoms with Gasteiger partial charge in [0, 0.05) is 12.3 Å². The van der Waals surface area contributed by atoms with Gasteiger partial charge in [-0.05, 0) is 37.3 Å². The summed E-state index contributed by atoms with van der Waals surface area (Å²) in [7, 11) is -3.57. The SMILES string of the molecule is C[C@@H]1[C@@H](C)CCC[C@H]1NC(=O)[C@@H](C)OC(=O)c1ccccc1S(C)(=O)=O. The fourth-order valence-electron chi connectivity index (χ4n) is 3.32. The quantitative estimate of drug-likeness (QED) is 0.792. The minimum Gasteiger partial charge on any atom is -0.449 e. The van der Waals surface area contributed by atoms with Crippen molar-refractivity contribution in [2.45, 2.75) is 57.1 Å². The van der Waals surface area contributed by atoms with E-state index in [1.165, 1.54) is 25.1 Å². The van der Waals surface area contributed by atoms with E-state index in [1.807, 2.05) is 0 Å². The number of carbonyl (C=O) groups is 2. The van der Waals surface area contributed by atoms with Crippen LogP contribution in [0.15, 0.2) is 29.2 Å². The van der Waals surface area contributed by atoms with Crippen LogP contribution in [0, 0.1) is 11.8 Å². The lowest BCUT2D eigenvalue weighted by Crippen LogP contribution is -2.47. The Labute approximate surface area is 155 Å². The summed E-state index contributed by atoms with van der Waals surface area (Å²) < 4.78 is 28.9. The summed E-state index contributed by atoms with van der Waals surface area (Å²) in [6, 6.07) is 5.89. The number of ether oxygens (including phenoxy) is 1. The monoisotopic (exact) mass is 381 g/mol. The molecule has 1 saturated carbocycles. The molecular weight excluding hydrogens is 354 g/mol. The van der Waals surface area contributed by atoms with Crippen LogP contribution in [0.2, 0.25) is 0 Å². The van der Waals surface area contributed by atoms with Crippen molar-refractivity contribution in [3.8, 4) is 0 Å². The number of amides is 1. The fraction of sp³-hybridized carbons (Fsp3) is 0.579. The molecule has 144 valence electrons. The lowest BCUT2D eigenvalue weighted by molar-refractivity contribution is -0.130. The topological polar surface area (TPSA) is 89.5 Å². The number of hydrogen-bond acceptors (Lipinski definition) is 5. The van der Waals surface area contributed by atoms with Gasteiger partial charge in [-0.3, -0.25) is 4.79 Å². The highest BCUT2D eigenvalue weighted by Gasteiger charge is 2.30. The molecule has 6 nitrogen and oxygen atoms in total. The Balaban J connectivity index is 2.04. The van der Waals surface area contributed by atoms with Gasteiger partial charge in [-0.2, -0.15) is 0 Å². The first-order valence-corrected chi connectivity index (χ1v) is 10.8. The first kappa shape index (κ1) is 20.4. The van der Waals surface area contributed by atoms with E-state index in [2.05, 4.69) is 19.2 Å². The Kier molecular flexibility index (Phi) is 6.44. The molecule has 1 fully saturated rings. The van der Waals surface area contributed by atoms with Gasteiger partial charge in [-0.1, -0.05) is 38.8 Å². The van der Waals surface area contributed by atoms with E-state index in [9.17, 15) is 18.0 Å². The first-order valence-electron chi connectivity index (χ1n) is 8.91. The Morgan fingerprint density at radius 2 is 1.85 bits per heavy atom. The summed E-state index contributed by atoms with van der Waals surface area (Å²) in [4.78, 5) is 24.7. The molecule has 2 rings (SSSR count). The summed E-state index contributed by atoms with van der Waals surface area (Å²) in [6.07, 6.45) is 3.15. The molecule has 0 unspecified atom stereocenters. The van der Waals surface area contributed by atoms with Crippen molar-refractivity contribution >= 4 is 21.7 Å². The first-order chi connectivity index (χ1) is 12.1. The van der Waals surface area contributed by atoms with E-state index in [-0.39, 0.29) is 22.4 Å². The maximum atomic E-state index is 12.4. The summed E-state index contributed by atoms with van der Waals surface area (Å²) in [6.45, 7) is 5.79. The number of benzene rings is 1. The Hall–Kier alpha value is -1.89. The second-order valence-electron chi connectivity index (χ2n) is 7.20. The van der Waals surface area contributed by atoms with Gasteiger partial charge < -0.3 is 10.1 Å². The van der Waals surface area contributed by atoms with Crippen LogP contribution in [0.3, 0.4) is 0 Å². The van der Waals surface area contributed by atoms with Crippen molar-refractivity contribution < 1.29 is 22.7 Å². The van der Waals surface area contributed by atoms with Gasteiger partial charge >= 0.3 is 5.97 Å². The predicted molar refractivity (Wildman–Crippen MR) is 98.5 cm³/mol. The molecule has 1 aromatic rings. The third-order valence-electron chi connectivity index (χ3n) is 5.19. The Bertz CT molecular complexity index is 774. The molecule has 7 heteroatoms. The molecular formula is C19H27NO5S. The zero-order chi connectivity index (χ0) is 19.5. The van der Waals surface area contributed by atoms with Gasteiger partial charge in [0.15, 0.2) is 15.9 Å². The van der Waals surface area contributed by atoms with E-state index >= 15 is 0 Å². The van der Waals surface area contributed by atoms with Crippen LogP contribution in [0.5, 0.6) is 0 Å². The lowest BCUT2D eigenvalue weighted by Gasteiger charge is -2.35. The lowest BCUT2D eigenvalue weighted by atomic mass is 9.78. The largest absolute Gasteiger partial charge is 0.449 e. The summed E-state index contributed by atoms with van der Waals surface area (Å²) >= 11 is 0. The second kappa shape index (κ2) is 8.20. The van der Waals surface area contributed by atoms with Crippen LogP contribution < -0.4 is 5.32 Å². The van der Waals surface area contributed by atoms with Crippen LogP contribution in [-0.2, 0) is 19.4 Å². The van der Waals surface area contributed by atoms with E-state index in [0.29, 0.717) is 11.8 Å². The molecule has 0 radical (unpaired) electrons. The van der Waals surface area contributed by atoms with Gasteiger partial charge in [0.05, 0.1) is 10.5 Å². The van der Waals surface area contributed by atoms with E-state index in [0.717, 1.165) is 25.5 Å². The zero-order valence-corrected chi connectivity index (χ0v) is 16.5. The third kappa shape index (κ3) is 4.84. The van der Waals surface area contributed by atoms with E-state index in [4.69, 9.17) is 4.74 Å². The van der Waals surface area contributed by atoms with Crippen LogP contribution in [0.4, 0.5) is 0 Å². The van der Waals surface area contributed by atoms with Gasteiger partial charge in [-0.25, -0.2) is 13.2 Å². The molecule has 0 saturated heterocycles. The van der Waals surface area contributed by atoms with Crippen LogP contribution >= 0.6 is 0 Å². The zero-order valence-electron chi connectivity index (χ0n) is 15.7. The average molecular weight is 381 g/mol. The van der Waals surface area contributed by atoms with Crippen LogP contribution in [0.25, 0.3) is 0 Å². The maximum absolute atomic E-state index is 12.4. The highest BCUT2D eigenvalue weighted by molar-refractivity contribution is 7.90. The van der Waals surface area contributed by atoms with Crippen LogP contribution in [0.1, 0.15) is 50.4 Å². The molecule has 0 spiro atoms. The molecule has 0 bridgehead atoms. The van der Waals surface area contributed by atoms with Crippen molar-refractivity contribution in [1.82, 2.24) is 5.32 Å². The number of nitrogens with one attached hydrogen (secondary N) is 1. The average Bonchev–Trinajstić information content (AvgIpc) is 2.58. The van der Waals surface area contributed by atoms with Crippen molar-refractivity contribution in [3.63, 3.8) is 0 Å². The Morgan fingerprint density at radius 1 is 1.19 bits per heavy atom. The minimum absolute atomic E-state index is 0.0608. The standard InChI is InChI=1S/C19H27NO5S/c1-12-8-7-10-16(13(12)2)20-18(21)14(3)25-19(22)15-9-5-6-11-17(15)26(4,23)24/h5-6,9,11-14,16H,7-8,10H2,1-4H3,(H,20,21)/t12-,13+,14+,16+/m0/s1. The molecule has 1 aliphatic rings. The van der Waals surface area contributed by atoms with Gasteiger partial charge in [0.2, 0.25) is 0 Å². The molecule has 4 atom stereocenters. The number of hydrogen-bond donors (Lipinski definition) is 1. The normalized spacial score (nSPS) is 24.5. The van der Waals surface area contributed by atoms with E-state index < -0.39 is 21.9 Å². The minimum atomic E-state index is -3.57. The van der Waals surface area contributed by atoms with Crippen LogP contribution in [-0.4, -0.2) is 38.7 Å². The second-order valence-corrected chi connectivity index (χ2v) is 9.18. The summed E-state index contributed by atoms with van der Waals surface area (Å²) in [5, 5.41) is 2.97. The number of sulfone groups is 1. The number of carbonyl (C=O) groups excluding carboxylic acids is 2. The third-order valence-corrected chi connectivity index (χ3v) is 6.35. The smallest absolute Gasteiger partial charge is 0.340 e. The molecule has 0 aromatic heterocycles. The molecule has 1 amide bonds.